The highest BCUT2D eigenvalue weighted by Crippen LogP contribution is 2.23. The summed E-state index contributed by atoms with van der Waals surface area (Å²) in [5.41, 5.74) is 1.44. The van der Waals surface area contributed by atoms with Gasteiger partial charge in [-0.05, 0) is 50.8 Å². The molecule has 0 bridgehead atoms. The molecule has 2 heterocycles. The third kappa shape index (κ3) is 3.85. The van der Waals surface area contributed by atoms with Gasteiger partial charge in [-0.15, -0.1) is 0 Å². The van der Waals surface area contributed by atoms with Crippen LogP contribution in [-0.2, 0) is 6.42 Å². The smallest absolute Gasteiger partial charge is 0.0586 e. The number of benzene rings is 1. The molecule has 1 aromatic carbocycles. The maximum absolute atomic E-state index is 9.47. The first-order valence-corrected chi connectivity index (χ1v) is 8.49. The van der Waals surface area contributed by atoms with Crippen molar-refractivity contribution < 1.29 is 5.11 Å². The summed E-state index contributed by atoms with van der Waals surface area (Å²) >= 11 is 0. The summed E-state index contributed by atoms with van der Waals surface area (Å²) in [6.45, 7) is 5.08. The van der Waals surface area contributed by atoms with Crippen LogP contribution in [0.1, 0.15) is 31.2 Å². The van der Waals surface area contributed by atoms with Crippen LogP contribution in [0, 0.1) is 0 Å². The van der Waals surface area contributed by atoms with Gasteiger partial charge in [-0.1, -0.05) is 30.3 Å². The molecule has 3 rings (SSSR count). The molecular formula is C18H28N2O. The van der Waals surface area contributed by atoms with E-state index in [4.69, 9.17) is 0 Å². The number of hydrogen-bond donors (Lipinski definition) is 1. The summed E-state index contributed by atoms with van der Waals surface area (Å²) < 4.78 is 0. The normalized spacial score (nSPS) is 27.5. The fourth-order valence-corrected chi connectivity index (χ4v) is 3.93. The Labute approximate surface area is 128 Å². The maximum Gasteiger partial charge on any atom is 0.0586 e. The van der Waals surface area contributed by atoms with Gasteiger partial charge in [0.05, 0.1) is 6.61 Å². The van der Waals surface area contributed by atoms with Gasteiger partial charge >= 0.3 is 0 Å². The Morgan fingerprint density at radius 3 is 2.43 bits per heavy atom. The molecule has 1 aromatic rings. The van der Waals surface area contributed by atoms with Crippen LogP contribution in [0.3, 0.4) is 0 Å². The van der Waals surface area contributed by atoms with Crippen LogP contribution in [0.5, 0.6) is 0 Å². The zero-order chi connectivity index (χ0) is 14.5. The van der Waals surface area contributed by atoms with Gasteiger partial charge in [0.1, 0.15) is 0 Å². The van der Waals surface area contributed by atoms with Gasteiger partial charge in [-0.25, -0.2) is 0 Å². The zero-order valence-electron chi connectivity index (χ0n) is 13.0. The molecule has 2 unspecified atom stereocenters. The van der Waals surface area contributed by atoms with E-state index in [-0.39, 0.29) is 0 Å². The van der Waals surface area contributed by atoms with Crippen LogP contribution in [0.4, 0.5) is 0 Å². The first-order valence-electron chi connectivity index (χ1n) is 8.49. The van der Waals surface area contributed by atoms with Gasteiger partial charge in [-0.3, -0.25) is 9.80 Å². The minimum Gasteiger partial charge on any atom is -0.395 e. The van der Waals surface area contributed by atoms with Crippen molar-refractivity contribution in [2.45, 2.75) is 44.2 Å². The van der Waals surface area contributed by atoms with E-state index in [9.17, 15) is 5.11 Å². The molecule has 116 valence electrons. The minimum atomic E-state index is 0.330. The average Bonchev–Trinajstić information content (AvgIpc) is 3.16. The molecule has 1 N–H and O–H groups in total. The summed E-state index contributed by atoms with van der Waals surface area (Å²) in [5.74, 6) is 0. The zero-order valence-corrected chi connectivity index (χ0v) is 13.0. The van der Waals surface area contributed by atoms with Crippen LogP contribution in [-0.4, -0.2) is 59.8 Å². The molecule has 3 heteroatoms. The highest BCUT2D eigenvalue weighted by atomic mass is 16.3. The number of aliphatic hydroxyl groups excluding tert-OH is 1. The quantitative estimate of drug-likeness (QED) is 0.869. The molecule has 0 amide bonds. The van der Waals surface area contributed by atoms with Crippen LogP contribution < -0.4 is 0 Å². The monoisotopic (exact) mass is 288 g/mol. The SMILES string of the molecule is OCC1CCCN1CC1CCCN1CCc1ccccc1. The van der Waals surface area contributed by atoms with Crippen molar-refractivity contribution in [1.82, 2.24) is 9.80 Å². The molecule has 0 aliphatic carbocycles. The predicted octanol–water partition coefficient (Wildman–Crippen LogP) is 2.15. The fourth-order valence-electron chi connectivity index (χ4n) is 3.93. The van der Waals surface area contributed by atoms with E-state index in [1.54, 1.807) is 0 Å². The van der Waals surface area contributed by atoms with Crippen LogP contribution in [0.15, 0.2) is 30.3 Å². The molecule has 2 saturated heterocycles. The van der Waals surface area contributed by atoms with Crippen molar-refractivity contribution in [2.75, 3.05) is 32.8 Å². The number of likely N-dealkylation sites (tertiary alicyclic amines) is 2. The third-order valence-electron chi connectivity index (χ3n) is 5.18. The van der Waals surface area contributed by atoms with Gasteiger partial charge in [0.15, 0.2) is 0 Å². The fraction of sp³-hybridized carbons (Fsp3) is 0.667. The first-order chi connectivity index (χ1) is 10.4. The Hall–Kier alpha value is -0.900. The van der Waals surface area contributed by atoms with Crippen molar-refractivity contribution in [3.63, 3.8) is 0 Å². The Bertz CT molecular complexity index is 422. The van der Waals surface area contributed by atoms with Gasteiger partial charge in [0.25, 0.3) is 0 Å². The topological polar surface area (TPSA) is 26.7 Å². The Balaban J connectivity index is 1.51. The minimum absolute atomic E-state index is 0.330. The molecular weight excluding hydrogens is 260 g/mol. The van der Waals surface area contributed by atoms with Crippen LogP contribution >= 0.6 is 0 Å². The van der Waals surface area contributed by atoms with E-state index in [1.165, 1.54) is 50.9 Å². The molecule has 2 atom stereocenters. The third-order valence-corrected chi connectivity index (χ3v) is 5.18. The van der Waals surface area contributed by atoms with Gasteiger partial charge in [0.2, 0.25) is 0 Å². The Kier molecular flexibility index (Phi) is 5.28. The van der Waals surface area contributed by atoms with E-state index >= 15 is 0 Å². The second kappa shape index (κ2) is 7.39. The summed E-state index contributed by atoms with van der Waals surface area (Å²) in [6.07, 6.45) is 6.23. The summed E-state index contributed by atoms with van der Waals surface area (Å²) in [7, 11) is 0. The first kappa shape index (κ1) is 15.0. The van der Waals surface area contributed by atoms with Gasteiger partial charge in [-0.2, -0.15) is 0 Å². The van der Waals surface area contributed by atoms with Crippen LogP contribution in [0.25, 0.3) is 0 Å². The van der Waals surface area contributed by atoms with Crippen molar-refractivity contribution in [3.05, 3.63) is 35.9 Å². The second-order valence-electron chi connectivity index (χ2n) is 6.54. The van der Waals surface area contributed by atoms with E-state index in [0.29, 0.717) is 18.7 Å². The summed E-state index contributed by atoms with van der Waals surface area (Å²) in [6, 6.07) is 11.9. The molecule has 0 saturated carbocycles. The van der Waals surface area contributed by atoms with Crippen molar-refractivity contribution in [3.8, 4) is 0 Å². The molecule has 0 radical (unpaired) electrons. The van der Waals surface area contributed by atoms with Gasteiger partial charge < -0.3 is 5.11 Å². The van der Waals surface area contributed by atoms with Crippen molar-refractivity contribution >= 4 is 0 Å². The van der Waals surface area contributed by atoms with E-state index in [2.05, 4.69) is 40.1 Å². The largest absolute Gasteiger partial charge is 0.395 e. The van der Waals surface area contributed by atoms with Gasteiger partial charge in [0, 0.05) is 25.2 Å². The molecule has 0 spiro atoms. The number of aliphatic hydroxyl groups is 1. The van der Waals surface area contributed by atoms with E-state index < -0.39 is 0 Å². The molecule has 21 heavy (non-hydrogen) atoms. The molecule has 3 nitrogen and oxygen atoms in total. The number of rotatable bonds is 6. The average molecular weight is 288 g/mol. The number of hydrogen-bond acceptors (Lipinski definition) is 3. The molecule has 2 fully saturated rings. The lowest BCUT2D eigenvalue weighted by atomic mass is 10.1. The standard InChI is InChI=1S/C18H28N2O/c21-15-18-9-5-12-20(18)14-17-8-4-11-19(17)13-10-16-6-2-1-3-7-16/h1-3,6-7,17-18,21H,4-5,8-15H2. The van der Waals surface area contributed by atoms with E-state index in [1.807, 2.05) is 0 Å². The molecule has 2 aliphatic heterocycles. The Morgan fingerprint density at radius 2 is 1.67 bits per heavy atom. The summed E-state index contributed by atoms with van der Waals surface area (Å²) in [5, 5.41) is 9.47. The highest BCUT2D eigenvalue weighted by molar-refractivity contribution is 5.15. The maximum atomic E-state index is 9.47. The van der Waals surface area contributed by atoms with Crippen molar-refractivity contribution in [1.29, 1.82) is 0 Å². The lowest BCUT2D eigenvalue weighted by Gasteiger charge is -2.31. The lowest BCUT2D eigenvalue weighted by Crippen LogP contribution is -2.43. The molecule has 0 aromatic heterocycles. The summed E-state index contributed by atoms with van der Waals surface area (Å²) in [4.78, 5) is 5.19. The number of nitrogens with zero attached hydrogens (tertiary/aromatic N) is 2. The molecule has 2 aliphatic rings. The highest BCUT2D eigenvalue weighted by Gasteiger charge is 2.30. The van der Waals surface area contributed by atoms with E-state index in [0.717, 1.165) is 13.0 Å². The lowest BCUT2D eigenvalue weighted by molar-refractivity contribution is 0.123. The van der Waals surface area contributed by atoms with Crippen LogP contribution in [0.2, 0.25) is 0 Å². The Morgan fingerprint density at radius 1 is 0.952 bits per heavy atom. The van der Waals surface area contributed by atoms with Crippen molar-refractivity contribution in [2.24, 2.45) is 0 Å². The predicted molar refractivity (Wildman–Crippen MR) is 86.4 cm³/mol. The second-order valence-corrected chi connectivity index (χ2v) is 6.54.